The predicted molar refractivity (Wildman–Crippen MR) is 59.1 cm³/mol. The number of allylic oxidation sites excluding steroid dienone is 1. The zero-order chi connectivity index (χ0) is 10.8. The van der Waals surface area contributed by atoms with E-state index in [1.54, 1.807) is 18.3 Å². The summed E-state index contributed by atoms with van der Waals surface area (Å²) in [7, 11) is 0. The molecule has 1 aromatic rings. The van der Waals surface area contributed by atoms with Crippen molar-refractivity contribution in [3.05, 3.63) is 41.1 Å². The van der Waals surface area contributed by atoms with Crippen LogP contribution in [0.1, 0.15) is 12.0 Å². The van der Waals surface area contributed by atoms with Crippen molar-refractivity contribution >= 4 is 28.9 Å². The van der Waals surface area contributed by atoms with Crippen LogP contribution in [0.2, 0.25) is 5.02 Å². The molecular weight excluding hydrogens is 214 g/mol. The molecule has 4 heteroatoms. The zero-order valence-corrected chi connectivity index (χ0v) is 8.53. The summed E-state index contributed by atoms with van der Waals surface area (Å²) in [4.78, 5) is 14.5. The van der Waals surface area contributed by atoms with Crippen molar-refractivity contribution in [3.8, 4) is 0 Å². The van der Waals surface area contributed by atoms with Gasteiger partial charge in [0, 0.05) is 17.6 Å². The maximum Gasteiger partial charge on any atom is 0.350 e. The summed E-state index contributed by atoms with van der Waals surface area (Å²) in [6.07, 6.45) is 1.96. The second-order valence-corrected chi connectivity index (χ2v) is 3.66. The van der Waals surface area contributed by atoms with Gasteiger partial charge in [-0.3, -0.25) is 4.99 Å². The van der Waals surface area contributed by atoms with Gasteiger partial charge in [0.2, 0.25) is 0 Å². The van der Waals surface area contributed by atoms with E-state index in [9.17, 15) is 4.79 Å². The molecule has 0 saturated carbocycles. The van der Waals surface area contributed by atoms with Crippen LogP contribution in [0.5, 0.6) is 0 Å². The highest BCUT2D eigenvalue weighted by atomic mass is 35.5. The highest BCUT2D eigenvalue weighted by molar-refractivity contribution is 6.38. The highest BCUT2D eigenvalue weighted by Gasteiger charge is 2.17. The number of benzene rings is 1. The maximum atomic E-state index is 10.6. The van der Waals surface area contributed by atoms with Crippen LogP contribution in [0.3, 0.4) is 0 Å². The molecule has 1 heterocycles. The van der Waals surface area contributed by atoms with Crippen molar-refractivity contribution < 1.29 is 9.90 Å². The van der Waals surface area contributed by atoms with Gasteiger partial charge in [-0.05, 0) is 23.3 Å². The molecule has 76 valence electrons. The van der Waals surface area contributed by atoms with Crippen molar-refractivity contribution in [2.75, 3.05) is 0 Å². The first kappa shape index (κ1) is 9.93. The van der Waals surface area contributed by atoms with Gasteiger partial charge in [0.1, 0.15) is 5.71 Å². The Morgan fingerprint density at radius 2 is 2.00 bits per heavy atom. The fourth-order valence-electron chi connectivity index (χ4n) is 1.40. The first-order chi connectivity index (χ1) is 7.16. The van der Waals surface area contributed by atoms with Crippen molar-refractivity contribution in [2.24, 2.45) is 4.99 Å². The summed E-state index contributed by atoms with van der Waals surface area (Å²) in [5.41, 5.74) is 2.04. The van der Waals surface area contributed by atoms with E-state index in [0.717, 1.165) is 11.1 Å². The number of carbonyl (C=O) groups is 1. The molecule has 1 aliphatic heterocycles. The predicted octanol–water partition coefficient (Wildman–Crippen LogP) is 2.61. The smallest absolute Gasteiger partial charge is 0.350 e. The Kier molecular flexibility index (Phi) is 2.56. The Morgan fingerprint density at radius 3 is 2.53 bits per heavy atom. The summed E-state index contributed by atoms with van der Waals surface area (Å²) < 4.78 is 0. The third kappa shape index (κ3) is 2.07. The van der Waals surface area contributed by atoms with Crippen molar-refractivity contribution in [2.45, 2.75) is 6.42 Å². The van der Waals surface area contributed by atoms with Gasteiger partial charge in [-0.15, -0.1) is 0 Å². The topological polar surface area (TPSA) is 49.7 Å². The lowest BCUT2D eigenvalue weighted by Crippen LogP contribution is -2.10. The summed E-state index contributed by atoms with van der Waals surface area (Å²) in [6, 6.07) is 7.26. The number of aliphatic carboxylic acids is 1. The Labute approximate surface area is 91.7 Å². The molecule has 1 aromatic carbocycles. The Hall–Kier alpha value is -1.61. The number of hydrogen-bond donors (Lipinski definition) is 1. The summed E-state index contributed by atoms with van der Waals surface area (Å²) in [5, 5.41) is 9.40. The van der Waals surface area contributed by atoms with Gasteiger partial charge in [-0.2, -0.15) is 0 Å². The Bertz CT molecular complexity index is 460. The second-order valence-electron chi connectivity index (χ2n) is 3.22. The average Bonchev–Trinajstić information content (AvgIpc) is 2.68. The van der Waals surface area contributed by atoms with Crippen LogP contribution in [0, 0.1) is 0 Å². The van der Waals surface area contributed by atoms with Crippen molar-refractivity contribution in [1.29, 1.82) is 0 Å². The Morgan fingerprint density at radius 1 is 1.33 bits per heavy atom. The largest absolute Gasteiger partial charge is 0.477 e. The number of carboxylic acids is 1. The van der Waals surface area contributed by atoms with Crippen LogP contribution in [-0.2, 0) is 4.79 Å². The quantitative estimate of drug-likeness (QED) is 0.835. The van der Waals surface area contributed by atoms with Crippen LogP contribution >= 0.6 is 11.6 Å². The number of aliphatic imine (C=N–C) groups is 1. The number of carboxylic acid groups (broad SMARTS) is 1. The second kappa shape index (κ2) is 3.87. The molecule has 1 aliphatic rings. The fraction of sp³-hybridized carbons (Fsp3) is 0.0909. The molecular formula is C11H8ClNO2. The minimum Gasteiger partial charge on any atom is -0.477 e. The molecule has 0 atom stereocenters. The minimum atomic E-state index is -0.963. The molecule has 0 bridgehead atoms. The molecule has 0 aliphatic carbocycles. The molecule has 0 amide bonds. The van der Waals surface area contributed by atoms with Gasteiger partial charge >= 0.3 is 5.97 Å². The minimum absolute atomic E-state index is 0.181. The molecule has 0 fully saturated rings. The van der Waals surface area contributed by atoms with E-state index < -0.39 is 5.97 Å². The van der Waals surface area contributed by atoms with E-state index in [-0.39, 0.29) is 5.71 Å². The van der Waals surface area contributed by atoms with E-state index in [1.165, 1.54) is 0 Å². The van der Waals surface area contributed by atoms with Crippen molar-refractivity contribution in [3.63, 3.8) is 0 Å². The fourth-order valence-corrected chi connectivity index (χ4v) is 1.52. The van der Waals surface area contributed by atoms with Crippen LogP contribution in [-0.4, -0.2) is 16.8 Å². The third-order valence-electron chi connectivity index (χ3n) is 2.20. The molecule has 2 rings (SSSR count). The molecule has 0 saturated heterocycles. The van der Waals surface area contributed by atoms with E-state index in [0.29, 0.717) is 11.4 Å². The molecule has 0 spiro atoms. The van der Waals surface area contributed by atoms with E-state index >= 15 is 0 Å². The molecule has 0 unspecified atom stereocenters. The van der Waals surface area contributed by atoms with Crippen LogP contribution in [0.15, 0.2) is 35.5 Å². The number of hydrogen-bond acceptors (Lipinski definition) is 2. The van der Waals surface area contributed by atoms with Gasteiger partial charge in [0.25, 0.3) is 0 Å². The highest BCUT2D eigenvalue weighted by Crippen LogP contribution is 2.24. The number of nitrogens with zero attached hydrogens (tertiary/aromatic N) is 1. The average molecular weight is 222 g/mol. The normalized spacial score (nSPS) is 14.7. The molecule has 15 heavy (non-hydrogen) atoms. The number of halogens is 1. The van der Waals surface area contributed by atoms with Gasteiger partial charge in [0.15, 0.2) is 0 Å². The lowest BCUT2D eigenvalue weighted by Gasteiger charge is -2.01. The Balaban J connectivity index is 2.17. The maximum absolute atomic E-state index is 10.6. The van der Waals surface area contributed by atoms with Crippen molar-refractivity contribution in [1.82, 2.24) is 0 Å². The molecule has 0 aromatic heterocycles. The van der Waals surface area contributed by atoms with E-state index in [2.05, 4.69) is 4.99 Å². The van der Waals surface area contributed by atoms with Crippen LogP contribution in [0.4, 0.5) is 0 Å². The summed E-state index contributed by atoms with van der Waals surface area (Å²) in [5.74, 6) is -0.963. The van der Waals surface area contributed by atoms with Crippen LogP contribution < -0.4 is 0 Å². The van der Waals surface area contributed by atoms with E-state index in [4.69, 9.17) is 16.7 Å². The van der Waals surface area contributed by atoms with Gasteiger partial charge < -0.3 is 5.11 Å². The monoisotopic (exact) mass is 221 g/mol. The SMILES string of the molecule is O=C(O)C1=NC=C(c2ccc(Cl)cc2)C1. The first-order valence-corrected chi connectivity index (χ1v) is 4.79. The van der Waals surface area contributed by atoms with E-state index in [1.807, 2.05) is 12.1 Å². The number of rotatable bonds is 2. The van der Waals surface area contributed by atoms with Gasteiger partial charge in [0.05, 0.1) is 0 Å². The molecule has 0 radical (unpaired) electrons. The zero-order valence-electron chi connectivity index (χ0n) is 7.77. The van der Waals surface area contributed by atoms with Gasteiger partial charge in [-0.25, -0.2) is 4.79 Å². The standard InChI is InChI=1S/C11H8ClNO2/c12-9-3-1-7(2-4-9)8-5-10(11(14)15)13-6-8/h1-4,6H,5H2,(H,14,15). The summed E-state index contributed by atoms with van der Waals surface area (Å²) in [6.45, 7) is 0. The lowest BCUT2D eigenvalue weighted by atomic mass is 10.0. The first-order valence-electron chi connectivity index (χ1n) is 4.42. The third-order valence-corrected chi connectivity index (χ3v) is 2.45. The van der Waals surface area contributed by atoms with Crippen LogP contribution in [0.25, 0.3) is 5.57 Å². The van der Waals surface area contributed by atoms with Gasteiger partial charge in [-0.1, -0.05) is 23.7 Å². The molecule has 3 nitrogen and oxygen atoms in total. The lowest BCUT2D eigenvalue weighted by molar-refractivity contribution is -0.129. The summed E-state index contributed by atoms with van der Waals surface area (Å²) >= 11 is 5.76. The molecule has 1 N–H and O–H groups in total.